The number of nitrogens with zero attached hydrogens (tertiary/aromatic N) is 2. The molecule has 4 nitrogen and oxygen atoms in total. The second-order valence-electron chi connectivity index (χ2n) is 4.92. The number of nitrogens with one attached hydrogen (secondary N) is 1. The van der Waals surface area contributed by atoms with Gasteiger partial charge in [-0.3, -0.25) is 4.79 Å². The highest BCUT2D eigenvalue weighted by molar-refractivity contribution is 9.10. The quantitative estimate of drug-likeness (QED) is 0.674. The molecule has 0 aliphatic heterocycles. The van der Waals surface area contributed by atoms with Crippen molar-refractivity contribution < 1.29 is 8.78 Å². The predicted octanol–water partition coefficient (Wildman–Crippen LogP) is 4.03. The lowest BCUT2D eigenvalue weighted by atomic mass is 10.1. The maximum absolute atomic E-state index is 13.3. The summed E-state index contributed by atoms with van der Waals surface area (Å²) in [5.41, 5.74) is 0.332. The van der Waals surface area contributed by atoms with Crippen LogP contribution < -0.4 is 5.56 Å². The molecule has 118 valence electrons. The SMILES string of the molecule is N#C/C(=C\c1ccc(F)c(F)c1)c1nc2ccc(Br)cc2c(=O)[nH]1. The molecule has 0 bridgehead atoms. The maximum atomic E-state index is 13.3. The summed E-state index contributed by atoms with van der Waals surface area (Å²) in [5, 5.41) is 9.69. The average Bonchev–Trinajstić information content (AvgIpc) is 2.56. The Morgan fingerprint density at radius 2 is 2.00 bits per heavy atom. The van der Waals surface area contributed by atoms with Gasteiger partial charge >= 0.3 is 0 Å². The van der Waals surface area contributed by atoms with Gasteiger partial charge in [0.25, 0.3) is 5.56 Å². The van der Waals surface area contributed by atoms with Crippen LogP contribution >= 0.6 is 15.9 Å². The number of aromatic nitrogens is 2. The van der Waals surface area contributed by atoms with Gasteiger partial charge in [-0.1, -0.05) is 22.0 Å². The van der Waals surface area contributed by atoms with Gasteiger partial charge in [0.1, 0.15) is 6.07 Å². The third-order valence-corrected chi connectivity index (χ3v) is 3.79. The minimum absolute atomic E-state index is 0.0305. The van der Waals surface area contributed by atoms with E-state index >= 15 is 0 Å². The van der Waals surface area contributed by atoms with E-state index in [-0.39, 0.29) is 17.0 Å². The standard InChI is InChI=1S/C17H8BrF2N3O/c18-11-2-4-15-12(7-11)17(24)23-16(22-15)10(8-21)5-9-1-3-13(19)14(20)6-9/h1-7H,(H,22,23,24)/b10-5+. The van der Waals surface area contributed by atoms with Gasteiger partial charge in [0.2, 0.25) is 0 Å². The highest BCUT2D eigenvalue weighted by atomic mass is 79.9. The Morgan fingerprint density at radius 3 is 2.71 bits per heavy atom. The fourth-order valence-electron chi connectivity index (χ4n) is 2.16. The number of nitriles is 1. The number of fused-ring (bicyclic) bond motifs is 1. The molecule has 7 heteroatoms. The van der Waals surface area contributed by atoms with E-state index in [0.717, 1.165) is 16.6 Å². The molecule has 2 aromatic carbocycles. The Bertz CT molecular complexity index is 1080. The first kappa shape index (κ1) is 16.0. The van der Waals surface area contributed by atoms with Crippen molar-refractivity contribution in [2.24, 2.45) is 0 Å². The average molecular weight is 388 g/mol. The molecule has 0 spiro atoms. The molecule has 3 rings (SSSR count). The minimum atomic E-state index is -1.02. The summed E-state index contributed by atoms with van der Waals surface area (Å²) in [6.07, 6.45) is 1.32. The molecule has 0 atom stereocenters. The lowest BCUT2D eigenvalue weighted by Crippen LogP contribution is -2.11. The summed E-state index contributed by atoms with van der Waals surface area (Å²) < 4.78 is 27.0. The fourth-order valence-corrected chi connectivity index (χ4v) is 2.52. The van der Waals surface area contributed by atoms with Gasteiger partial charge in [-0.05, 0) is 42.0 Å². The highest BCUT2D eigenvalue weighted by Crippen LogP contribution is 2.19. The number of halogens is 3. The van der Waals surface area contributed by atoms with E-state index < -0.39 is 17.2 Å². The lowest BCUT2D eigenvalue weighted by molar-refractivity contribution is 0.508. The zero-order valence-electron chi connectivity index (χ0n) is 12.0. The molecule has 1 heterocycles. The van der Waals surface area contributed by atoms with E-state index in [0.29, 0.717) is 10.9 Å². The molecule has 0 aliphatic carbocycles. The summed E-state index contributed by atoms with van der Waals surface area (Å²) in [6, 6.07) is 10.1. The zero-order valence-corrected chi connectivity index (χ0v) is 13.6. The Hall–Kier alpha value is -2.85. The highest BCUT2D eigenvalue weighted by Gasteiger charge is 2.09. The largest absolute Gasteiger partial charge is 0.305 e. The van der Waals surface area contributed by atoms with Crippen molar-refractivity contribution in [1.29, 1.82) is 5.26 Å². The normalized spacial score (nSPS) is 11.5. The summed E-state index contributed by atoms with van der Waals surface area (Å²) in [4.78, 5) is 18.9. The topological polar surface area (TPSA) is 69.5 Å². The van der Waals surface area contributed by atoms with Crippen molar-refractivity contribution in [2.45, 2.75) is 0 Å². The first-order valence-corrected chi connectivity index (χ1v) is 7.54. The van der Waals surface area contributed by atoms with Crippen molar-refractivity contribution in [3.05, 3.63) is 74.2 Å². The van der Waals surface area contributed by atoms with Crippen LogP contribution in [0.15, 0.2) is 45.7 Å². The number of allylic oxidation sites excluding steroid dienone is 1. The number of H-pyrrole nitrogens is 1. The van der Waals surface area contributed by atoms with Crippen molar-refractivity contribution in [3.63, 3.8) is 0 Å². The summed E-state index contributed by atoms with van der Waals surface area (Å²) in [7, 11) is 0. The lowest BCUT2D eigenvalue weighted by Gasteiger charge is -2.03. The van der Waals surface area contributed by atoms with Crippen molar-refractivity contribution in [1.82, 2.24) is 9.97 Å². The Kier molecular flexibility index (Phi) is 4.23. The first-order chi connectivity index (χ1) is 11.5. The van der Waals surface area contributed by atoms with Crippen LogP contribution in [0.1, 0.15) is 11.4 Å². The molecule has 0 radical (unpaired) electrons. The Morgan fingerprint density at radius 1 is 1.21 bits per heavy atom. The van der Waals surface area contributed by atoms with E-state index in [9.17, 15) is 18.8 Å². The van der Waals surface area contributed by atoms with Crippen LogP contribution in [0.25, 0.3) is 22.6 Å². The van der Waals surface area contributed by atoms with E-state index in [2.05, 4.69) is 25.9 Å². The molecule has 0 aliphatic rings. The number of hydrogen-bond acceptors (Lipinski definition) is 3. The monoisotopic (exact) mass is 387 g/mol. The van der Waals surface area contributed by atoms with Crippen LogP contribution in [0.4, 0.5) is 8.78 Å². The smallest absolute Gasteiger partial charge is 0.259 e. The van der Waals surface area contributed by atoms with Gasteiger partial charge in [0.05, 0.1) is 16.5 Å². The van der Waals surface area contributed by atoms with Crippen molar-refractivity contribution in [2.75, 3.05) is 0 Å². The predicted molar refractivity (Wildman–Crippen MR) is 89.9 cm³/mol. The van der Waals surface area contributed by atoms with E-state index in [4.69, 9.17) is 0 Å². The van der Waals surface area contributed by atoms with Crippen LogP contribution in [-0.4, -0.2) is 9.97 Å². The number of rotatable bonds is 2. The number of hydrogen-bond donors (Lipinski definition) is 1. The summed E-state index contributed by atoms with van der Waals surface area (Å²) in [5.74, 6) is -1.94. The van der Waals surface area contributed by atoms with Gasteiger partial charge in [0, 0.05) is 4.47 Å². The minimum Gasteiger partial charge on any atom is -0.305 e. The van der Waals surface area contributed by atoms with Gasteiger partial charge in [-0.2, -0.15) is 5.26 Å². The van der Waals surface area contributed by atoms with Crippen LogP contribution in [0, 0.1) is 23.0 Å². The van der Waals surface area contributed by atoms with Crippen LogP contribution in [0.3, 0.4) is 0 Å². The molecule has 0 amide bonds. The molecule has 0 saturated carbocycles. The van der Waals surface area contributed by atoms with Gasteiger partial charge in [-0.15, -0.1) is 0 Å². The second-order valence-corrected chi connectivity index (χ2v) is 5.84. The summed E-state index contributed by atoms with van der Waals surface area (Å²) >= 11 is 3.27. The number of benzene rings is 2. The third kappa shape index (κ3) is 3.09. The third-order valence-electron chi connectivity index (χ3n) is 3.30. The molecule has 1 N–H and O–H groups in total. The van der Waals surface area contributed by atoms with Crippen molar-refractivity contribution >= 4 is 38.5 Å². The summed E-state index contributed by atoms with van der Waals surface area (Å²) in [6.45, 7) is 0. The van der Waals surface area contributed by atoms with Gasteiger partial charge in [-0.25, -0.2) is 13.8 Å². The van der Waals surface area contributed by atoms with Crippen LogP contribution in [0.2, 0.25) is 0 Å². The Labute approximate surface area is 143 Å². The molecule has 24 heavy (non-hydrogen) atoms. The fraction of sp³-hybridized carbons (Fsp3) is 0. The molecule has 1 aromatic heterocycles. The maximum Gasteiger partial charge on any atom is 0.259 e. The van der Waals surface area contributed by atoms with Crippen LogP contribution in [0.5, 0.6) is 0 Å². The molecule has 0 saturated heterocycles. The first-order valence-electron chi connectivity index (χ1n) is 6.75. The van der Waals surface area contributed by atoms with Crippen LogP contribution in [-0.2, 0) is 0 Å². The molecule has 3 aromatic rings. The Balaban J connectivity index is 2.14. The molecular formula is C17H8BrF2N3O. The van der Waals surface area contributed by atoms with Gasteiger partial charge in [0.15, 0.2) is 17.5 Å². The zero-order chi connectivity index (χ0) is 17.3. The van der Waals surface area contributed by atoms with Crippen molar-refractivity contribution in [3.8, 4) is 6.07 Å². The van der Waals surface area contributed by atoms with E-state index in [1.165, 1.54) is 12.1 Å². The van der Waals surface area contributed by atoms with Gasteiger partial charge < -0.3 is 4.98 Å². The van der Waals surface area contributed by atoms with E-state index in [1.807, 2.05) is 6.07 Å². The second kappa shape index (κ2) is 6.34. The van der Waals surface area contributed by atoms with E-state index in [1.54, 1.807) is 18.2 Å². The molecular weight excluding hydrogens is 380 g/mol. The number of aromatic amines is 1. The molecule has 0 fully saturated rings. The molecule has 0 unspecified atom stereocenters.